The Balaban J connectivity index is 0.00000121. The molecule has 1 aromatic carbocycles. The summed E-state index contributed by atoms with van der Waals surface area (Å²) >= 11 is 0. The summed E-state index contributed by atoms with van der Waals surface area (Å²) in [6.07, 6.45) is 0. The van der Waals surface area contributed by atoms with Gasteiger partial charge in [-0.3, -0.25) is 0 Å². The fourth-order valence-electron chi connectivity index (χ4n) is 0.662. The van der Waals surface area contributed by atoms with E-state index >= 15 is 0 Å². The first-order chi connectivity index (χ1) is 5.29. The molecule has 1 N–H and O–H groups in total. The third-order valence-corrected chi connectivity index (χ3v) is 1.11. The molecule has 0 saturated heterocycles. The molecule has 0 saturated carbocycles. The molecule has 0 aliphatic heterocycles. The quantitative estimate of drug-likeness (QED) is 0.770. The predicted octanol–water partition coefficient (Wildman–Crippen LogP) is 1.15. The molecule has 0 spiro atoms. The van der Waals surface area contributed by atoms with Crippen molar-refractivity contribution < 1.29 is 31.7 Å². The van der Waals surface area contributed by atoms with E-state index in [1.807, 2.05) is 6.07 Å². The fourth-order valence-corrected chi connectivity index (χ4v) is 0.662. The smallest absolute Gasteiger partial charge is 0.341 e. The zero-order valence-corrected chi connectivity index (χ0v) is 7.10. The van der Waals surface area contributed by atoms with Gasteiger partial charge < -0.3 is 9.84 Å². The molecular formula is C8H8CuO3. The summed E-state index contributed by atoms with van der Waals surface area (Å²) in [5.41, 5.74) is 0. The Morgan fingerprint density at radius 1 is 1.33 bits per heavy atom. The fraction of sp³-hybridized carbons (Fsp3) is 0.125. The van der Waals surface area contributed by atoms with Crippen molar-refractivity contribution in [3.63, 3.8) is 0 Å². The van der Waals surface area contributed by atoms with Crippen LogP contribution in [-0.4, -0.2) is 17.7 Å². The molecule has 3 nitrogen and oxygen atoms in total. The van der Waals surface area contributed by atoms with Gasteiger partial charge in [-0.15, -0.1) is 0 Å². The molecule has 69 valence electrons. The number of carboxylic acid groups (broad SMARTS) is 1. The van der Waals surface area contributed by atoms with Gasteiger partial charge in [-0.1, -0.05) is 18.2 Å². The van der Waals surface area contributed by atoms with Gasteiger partial charge in [0.15, 0.2) is 6.61 Å². The van der Waals surface area contributed by atoms with E-state index in [0.29, 0.717) is 5.75 Å². The minimum absolute atomic E-state index is 0. The van der Waals surface area contributed by atoms with Crippen molar-refractivity contribution in [1.29, 1.82) is 0 Å². The molecule has 0 aliphatic rings. The molecule has 0 unspecified atom stereocenters. The Labute approximate surface area is 80.8 Å². The summed E-state index contributed by atoms with van der Waals surface area (Å²) in [6, 6.07) is 8.84. The molecule has 1 aromatic rings. The van der Waals surface area contributed by atoms with Crippen LogP contribution in [0.4, 0.5) is 0 Å². The summed E-state index contributed by atoms with van der Waals surface area (Å²) < 4.78 is 4.87. The van der Waals surface area contributed by atoms with Crippen LogP contribution < -0.4 is 4.74 Å². The molecule has 12 heavy (non-hydrogen) atoms. The minimum Gasteiger partial charge on any atom is -0.482 e. The number of aliphatic carboxylic acids is 1. The topological polar surface area (TPSA) is 46.5 Å². The maximum Gasteiger partial charge on any atom is 0.341 e. The van der Waals surface area contributed by atoms with Crippen molar-refractivity contribution >= 4 is 5.97 Å². The van der Waals surface area contributed by atoms with Crippen LogP contribution >= 0.6 is 0 Å². The number of rotatable bonds is 3. The Morgan fingerprint density at radius 3 is 2.42 bits per heavy atom. The number of hydrogen-bond donors (Lipinski definition) is 1. The van der Waals surface area contributed by atoms with Gasteiger partial charge in [-0.2, -0.15) is 0 Å². The van der Waals surface area contributed by atoms with Crippen LogP contribution in [0.2, 0.25) is 0 Å². The van der Waals surface area contributed by atoms with Crippen molar-refractivity contribution in [1.82, 2.24) is 0 Å². The van der Waals surface area contributed by atoms with Crippen LogP contribution in [0, 0.1) is 0 Å². The van der Waals surface area contributed by atoms with E-state index in [9.17, 15) is 4.79 Å². The maximum atomic E-state index is 10.0. The van der Waals surface area contributed by atoms with Crippen molar-refractivity contribution in [2.75, 3.05) is 6.61 Å². The van der Waals surface area contributed by atoms with E-state index in [1.165, 1.54) is 0 Å². The first-order valence-electron chi connectivity index (χ1n) is 3.18. The van der Waals surface area contributed by atoms with E-state index in [0.717, 1.165) is 0 Å². The number of benzene rings is 1. The van der Waals surface area contributed by atoms with Crippen LogP contribution in [0.15, 0.2) is 30.3 Å². The van der Waals surface area contributed by atoms with Gasteiger partial charge >= 0.3 is 5.97 Å². The zero-order chi connectivity index (χ0) is 8.10. The van der Waals surface area contributed by atoms with Crippen molar-refractivity contribution in [3.05, 3.63) is 30.3 Å². The molecule has 1 radical (unpaired) electrons. The Hall–Kier alpha value is -0.991. The van der Waals surface area contributed by atoms with Gasteiger partial charge in [0.25, 0.3) is 0 Å². The van der Waals surface area contributed by atoms with Gasteiger partial charge in [0.1, 0.15) is 5.75 Å². The summed E-state index contributed by atoms with van der Waals surface area (Å²) in [4.78, 5) is 10.0. The van der Waals surface area contributed by atoms with Gasteiger partial charge in [-0.25, -0.2) is 4.79 Å². The summed E-state index contributed by atoms with van der Waals surface area (Å²) in [7, 11) is 0. The summed E-state index contributed by atoms with van der Waals surface area (Å²) in [5, 5.41) is 8.25. The molecular weight excluding hydrogens is 208 g/mol. The van der Waals surface area contributed by atoms with Crippen LogP contribution in [0.25, 0.3) is 0 Å². The second-order valence-corrected chi connectivity index (χ2v) is 2.00. The second kappa shape index (κ2) is 5.63. The van der Waals surface area contributed by atoms with Crippen molar-refractivity contribution in [3.8, 4) is 5.75 Å². The van der Waals surface area contributed by atoms with Gasteiger partial charge in [0.2, 0.25) is 0 Å². The third kappa shape index (κ3) is 4.01. The van der Waals surface area contributed by atoms with E-state index in [4.69, 9.17) is 9.84 Å². The minimum atomic E-state index is -0.964. The maximum absolute atomic E-state index is 10.0. The molecule has 4 heteroatoms. The molecule has 0 amide bonds. The van der Waals surface area contributed by atoms with Crippen LogP contribution in [0.3, 0.4) is 0 Å². The summed E-state index contributed by atoms with van der Waals surface area (Å²) in [5.74, 6) is -0.385. The molecule has 0 fully saturated rings. The number of para-hydroxylation sites is 1. The normalized spacial score (nSPS) is 8.33. The molecule has 0 bridgehead atoms. The van der Waals surface area contributed by atoms with E-state index in [-0.39, 0.29) is 23.7 Å². The van der Waals surface area contributed by atoms with Gasteiger partial charge in [-0.05, 0) is 12.1 Å². The predicted molar refractivity (Wildman–Crippen MR) is 39.6 cm³/mol. The second-order valence-electron chi connectivity index (χ2n) is 2.00. The number of carboxylic acids is 1. The largest absolute Gasteiger partial charge is 0.482 e. The van der Waals surface area contributed by atoms with Gasteiger partial charge in [0, 0.05) is 17.1 Å². The van der Waals surface area contributed by atoms with Gasteiger partial charge in [0.05, 0.1) is 0 Å². The van der Waals surface area contributed by atoms with Crippen LogP contribution in [-0.2, 0) is 21.9 Å². The number of hydrogen-bond acceptors (Lipinski definition) is 2. The van der Waals surface area contributed by atoms with E-state index in [1.54, 1.807) is 24.3 Å². The van der Waals surface area contributed by atoms with E-state index < -0.39 is 5.97 Å². The average Bonchev–Trinajstić information content (AvgIpc) is 2.03. The zero-order valence-electron chi connectivity index (χ0n) is 6.16. The molecule has 0 aliphatic carbocycles. The Bertz CT molecular complexity index is 235. The van der Waals surface area contributed by atoms with Crippen molar-refractivity contribution in [2.24, 2.45) is 0 Å². The molecule has 0 aromatic heterocycles. The Kier molecular flexibility index (Phi) is 5.17. The SMILES string of the molecule is O=C(O)COc1ccccc1.[Cu]. The first kappa shape index (κ1) is 11.0. The molecule has 0 atom stereocenters. The molecule has 0 heterocycles. The van der Waals surface area contributed by atoms with E-state index in [2.05, 4.69) is 0 Å². The third-order valence-electron chi connectivity index (χ3n) is 1.11. The monoisotopic (exact) mass is 215 g/mol. The number of ether oxygens (including phenoxy) is 1. The first-order valence-corrected chi connectivity index (χ1v) is 3.18. The van der Waals surface area contributed by atoms with Crippen molar-refractivity contribution in [2.45, 2.75) is 0 Å². The molecule has 1 rings (SSSR count). The van der Waals surface area contributed by atoms with Crippen LogP contribution in [0.1, 0.15) is 0 Å². The van der Waals surface area contributed by atoms with Crippen LogP contribution in [0.5, 0.6) is 5.75 Å². The average molecular weight is 216 g/mol. The standard InChI is InChI=1S/C8H8O3.Cu/c9-8(10)6-11-7-4-2-1-3-5-7;/h1-5H,6H2,(H,9,10);. The summed E-state index contributed by atoms with van der Waals surface area (Å²) in [6.45, 7) is -0.288. The Morgan fingerprint density at radius 2 is 1.92 bits per heavy atom. The number of carbonyl (C=O) groups is 1.